The van der Waals surface area contributed by atoms with E-state index in [1.807, 2.05) is 0 Å². The topological polar surface area (TPSA) is 47.3 Å². The summed E-state index contributed by atoms with van der Waals surface area (Å²) in [5.74, 6) is 2.40. The number of rotatable bonds is 4. The Kier molecular flexibility index (Phi) is 2.59. The van der Waals surface area contributed by atoms with Crippen molar-refractivity contribution in [3.05, 3.63) is 0 Å². The van der Waals surface area contributed by atoms with Crippen LogP contribution in [0.2, 0.25) is 0 Å². The minimum absolute atomic E-state index is 0.0632. The van der Waals surface area contributed by atoms with Crippen LogP contribution in [-0.2, 0) is 4.74 Å². The summed E-state index contributed by atoms with van der Waals surface area (Å²) in [5, 5.41) is 3.61. The predicted octanol–water partition coefficient (Wildman–Crippen LogP) is 1.37. The Labute approximate surface area is 104 Å². The molecule has 5 unspecified atom stereocenters. The molecule has 0 amide bonds. The average molecular weight is 238 g/mol. The second-order valence-corrected chi connectivity index (χ2v) is 7.05. The summed E-state index contributed by atoms with van der Waals surface area (Å²) in [6.45, 7) is 9.86. The van der Waals surface area contributed by atoms with Gasteiger partial charge in [-0.2, -0.15) is 0 Å². The van der Waals surface area contributed by atoms with Crippen LogP contribution in [0.15, 0.2) is 0 Å². The standard InChI is InChI=1S/C14H26N2O/c1-9-6-10(9)7-16-8-14(15)11-4-5-17-12(11)13(14,2)3/h9-12,16H,4-8,15H2,1-3H3. The fraction of sp³-hybridized carbons (Fsp3) is 1.00. The summed E-state index contributed by atoms with van der Waals surface area (Å²) in [6, 6.07) is 0. The second kappa shape index (κ2) is 3.69. The largest absolute Gasteiger partial charge is 0.377 e. The molecule has 0 aromatic heterocycles. The zero-order valence-electron chi connectivity index (χ0n) is 11.3. The van der Waals surface area contributed by atoms with Gasteiger partial charge in [0.05, 0.1) is 6.10 Å². The van der Waals surface area contributed by atoms with Crippen LogP contribution in [0, 0.1) is 23.2 Å². The fourth-order valence-corrected chi connectivity index (χ4v) is 3.98. The lowest BCUT2D eigenvalue weighted by molar-refractivity contribution is -0.153. The summed E-state index contributed by atoms with van der Waals surface area (Å²) >= 11 is 0. The highest BCUT2D eigenvalue weighted by atomic mass is 16.5. The molecule has 0 spiro atoms. The Morgan fingerprint density at radius 2 is 2.12 bits per heavy atom. The van der Waals surface area contributed by atoms with Gasteiger partial charge in [-0.3, -0.25) is 0 Å². The summed E-state index contributed by atoms with van der Waals surface area (Å²) in [7, 11) is 0. The number of hydrogen-bond acceptors (Lipinski definition) is 3. The lowest BCUT2D eigenvalue weighted by Crippen LogP contribution is -2.78. The van der Waals surface area contributed by atoms with Crippen molar-refractivity contribution in [3.8, 4) is 0 Å². The van der Waals surface area contributed by atoms with Crippen LogP contribution in [0.4, 0.5) is 0 Å². The van der Waals surface area contributed by atoms with E-state index < -0.39 is 0 Å². The molecule has 2 aliphatic carbocycles. The molecule has 1 aliphatic heterocycles. The molecule has 3 rings (SSSR count). The number of nitrogens with two attached hydrogens (primary N) is 1. The van der Waals surface area contributed by atoms with Gasteiger partial charge in [-0.1, -0.05) is 20.8 Å². The van der Waals surface area contributed by atoms with E-state index in [-0.39, 0.29) is 11.0 Å². The Morgan fingerprint density at radius 3 is 2.76 bits per heavy atom. The molecule has 3 N–H and O–H groups in total. The molecule has 17 heavy (non-hydrogen) atoms. The molecule has 0 bridgehead atoms. The predicted molar refractivity (Wildman–Crippen MR) is 68.7 cm³/mol. The molecule has 2 saturated carbocycles. The van der Waals surface area contributed by atoms with Gasteiger partial charge in [-0.05, 0) is 31.2 Å². The maximum Gasteiger partial charge on any atom is 0.0691 e. The van der Waals surface area contributed by atoms with Crippen LogP contribution >= 0.6 is 0 Å². The third kappa shape index (κ3) is 1.59. The molecule has 5 atom stereocenters. The maximum absolute atomic E-state index is 6.66. The van der Waals surface area contributed by atoms with E-state index in [0.29, 0.717) is 12.0 Å². The van der Waals surface area contributed by atoms with Crippen LogP contribution in [0.1, 0.15) is 33.6 Å². The monoisotopic (exact) mass is 238 g/mol. The Morgan fingerprint density at radius 1 is 1.41 bits per heavy atom. The van der Waals surface area contributed by atoms with Crippen molar-refractivity contribution in [3.63, 3.8) is 0 Å². The van der Waals surface area contributed by atoms with Crippen LogP contribution in [0.5, 0.6) is 0 Å². The van der Waals surface area contributed by atoms with Crippen LogP contribution in [0.3, 0.4) is 0 Å². The molecule has 98 valence electrons. The zero-order chi connectivity index (χ0) is 12.3. The Bertz CT molecular complexity index is 317. The van der Waals surface area contributed by atoms with Crippen molar-refractivity contribution in [2.45, 2.75) is 45.3 Å². The first-order valence-corrected chi connectivity index (χ1v) is 7.08. The number of hydrogen-bond donors (Lipinski definition) is 2. The molecule has 3 heteroatoms. The van der Waals surface area contributed by atoms with Crippen molar-refractivity contribution in [2.24, 2.45) is 28.9 Å². The lowest BCUT2D eigenvalue weighted by Gasteiger charge is -2.62. The molecule has 1 saturated heterocycles. The maximum atomic E-state index is 6.66. The summed E-state index contributed by atoms with van der Waals surface area (Å²) < 4.78 is 5.81. The molecule has 3 fully saturated rings. The van der Waals surface area contributed by atoms with Gasteiger partial charge in [-0.15, -0.1) is 0 Å². The average Bonchev–Trinajstić information content (AvgIpc) is 2.83. The van der Waals surface area contributed by atoms with E-state index in [9.17, 15) is 0 Å². The van der Waals surface area contributed by atoms with Gasteiger partial charge < -0.3 is 15.8 Å². The normalized spacial score (nSPS) is 50.8. The van der Waals surface area contributed by atoms with Crippen molar-refractivity contribution in [1.82, 2.24) is 5.32 Å². The first-order valence-electron chi connectivity index (χ1n) is 7.08. The molecule has 3 nitrogen and oxygen atoms in total. The first-order chi connectivity index (χ1) is 7.97. The van der Waals surface area contributed by atoms with Crippen molar-refractivity contribution in [2.75, 3.05) is 19.7 Å². The van der Waals surface area contributed by atoms with Crippen LogP contribution in [-0.4, -0.2) is 31.3 Å². The van der Waals surface area contributed by atoms with Gasteiger partial charge in [-0.25, -0.2) is 0 Å². The third-order valence-electron chi connectivity index (χ3n) is 5.76. The highest BCUT2D eigenvalue weighted by Crippen LogP contribution is 2.57. The van der Waals surface area contributed by atoms with Gasteiger partial charge in [0.2, 0.25) is 0 Å². The fourth-order valence-electron chi connectivity index (χ4n) is 3.98. The van der Waals surface area contributed by atoms with E-state index in [1.165, 1.54) is 6.42 Å². The van der Waals surface area contributed by atoms with Crippen molar-refractivity contribution >= 4 is 0 Å². The van der Waals surface area contributed by atoms with Gasteiger partial charge in [0.1, 0.15) is 0 Å². The smallest absolute Gasteiger partial charge is 0.0691 e. The SMILES string of the molecule is CC1CC1CNCC1(N)C2CCOC2C1(C)C. The molecule has 0 aromatic rings. The van der Waals surface area contributed by atoms with Crippen molar-refractivity contribution in [1.29, 1.82) is 0 Å². The van der Waals surface area contributed by atoms with Crippen molar-refractivity contribution < 1.29 is 4.74 Å². The van der Waals surface area contributed by atoms with Crippen LogP contribution < -0.4 is 11.1 Å². The Balaban J connectivity index is 1.57. The summed E-state index contributed by atoms with van der Waals surface area (Å²) in [5.41, 5.74) is 6.72. The molecule has 0 radical (unpaired) electrons. The van der Waals surface area contributed by atoms with Gasteiger partial charge in [0.15, 0.2) is 0 Å². The quantitative estimate of drug-likeness (QED) is 0.778. The molecule has 1 heterocycles. The van der Waals surface area contributed by atoms with E-state index in [0.717, 1.165) is 38.0 Å². The lowest BCUT2D eigenvalue weighted by atomic mass is 9.48. The molecular formula is C14H26N2O. The number of fused-ring (bicyclic) bond motifs is 1. The minimum atomic E-state index is -0.0632. The number of ether oxygens (including phenoxy) is 1. The van der Waals surface area contributed by atoms with Gasteiger partial charge in [0, 0.05) is 30.0 Å². The number of nitrogens with one attached hydrogen (secondary N) is 1. The van der Waals surface area contributed by atoms with E-state index in [4.69, 9.17) is 10.5 Å². The highest BCUT2D eigenvalue weighted by Gasteiger charge is 2.67. The first kappa shape index (κ1) is 11.9. The summed E-state index contributed by atoms with van der Waals surface area (Å²) in [6.07, 6.45) is 2.93. The van der Waals surface area contributed by atoms with Crippen LogP contribution in [0.25, 0.3) is 0 Å². The zero-order valence-corrected chi connectivity index (χ0v) is 11.3. The molecule has 3 aliphatic rings. The van der Waals surface area contributed by atoms with Gasteiger partial charge in [0.25, 0.3) is 0 Å². The highest BCUT2D eigenvalue weighted by molar-refractivity contribution is 5.21. The minimum Gasteiger partial charge on any atom is -0.377 e. The third-order valence-corrected chi connectivity index (χ3v) is 5.76. The summed E-state index contributed by atoms with van der Waals surface area (Å²) in [4.78, 5) is 0. The molecular weight excluding hydrogens is 212 g/mol. The van der Waals surface area contributed by atoms with E-state index in [2.05, 4.69) is 26.1 Å². The van der Waals surface area contributed by atoms with E-state index >= 15 is 0 Å². The van der Waals surface area contributed by atoms with E-state index in [1.54, 1.807) is 0 Å². The molecule has 0 aromatic carbocycles. The van der Waals surface area contributed by atoms with Gasteiger partial charge >= 0.3 is 0 Å². The second-order valence-electron chi connectivity index (χ2n) is 7.05. The Hall–Kier alpha value is -0.120.